The third-order valence-electron chi connectivity index (χ3n) is 4.51. The molecule has 0 fully saturated rings. The zero-order valence-electron chi connectivity index (χ0n) is 17.1. The second-order valence-electron chi connectivity index (χ2n) is 6.74. The molecular weight excluding hydrogens is 414 g/mol. The van der Waals surface area contributed by atoms with Gasteiger partial charge in [0.15, 0.2) is 16.3 Å². The van der Waals surface area contributed by atoms with Crippen LogP contribution in [-0.4, -0.2) is 37.8 Å². The minimum atomic E-state index is -0.326. The molecular formula is C22H21N5O3S. The van der Waals surface area contributed by atoms with E-state index in [9.17, 15) is 9.59 Å². The summed E-state index contributed by atoms with van der Waals surface area (Å²) in [4.78, 5) is 36.1. The largest absolute Gasteiger partial charge is 0.492 e. The van der Waals surface area contributed by atoms with Gasteiger partial charge in [0.25, 0.3) is 5.56 Å². The molecule has 0 spiro atoms. The minimum Gasteiger partial charge on any atom is -0.492 e. The summed E-state index contributed by atoms with van der Waals surface area (Å²) in [5.41, 5.74) is 2.88. The molecule has 2 N–H and O–H groups in total. The van der Waals surface area contributed by atoms with E-state index in [1.165, 1.54) is 18.1 Å². The number of aromatic nitrogens is 4. The number of nitrogens with one attached hydrogen (secondary N) is 2. The van der Waals surface area contributed by atoms with E-state index in [1.807, 2.05) is 50.2 Å². The van der Waals surface area contributed by atoms with Gasteiger partial charge in [-0.15, -0.1) is 0 Å². The molecule has 8 nitrogen and oxygen atoms in total. The molecule has 0 saturated heterocycles. The van der Waals surface area contributed by atoms with E-state index in [0.29, 0.717) is 28.8 Å². The molecule has 4 rings (SSSR count). The highest BCUT2D eigenvalue weighted by atomic mass is 32.2. The number of fused-ring (bicyclic) bond motifs is 1. The van der Waals surface area contributed by atoms with Gasteiger partial charge in [0.05, 0.1) is 24.4 Å². The van der Waals surface area contributed by atoms with Crippen LogP contribution in [0.4, 0.5) is 5.69 Å². The lowest BCUT2D eigenvalue weighted by atomic mass is 10.2. The van der Waals surface area contributed by atoms with E-state index < -0.39 is 0 Å². The van der Waals surface area contributed by atoms with Crippen LogP contribution in [0.1, 0.15) is 12.5 Å². The van der Waals surface area contributed by atoms with Gasteiger partial charge in [0.2, 0.25) is 5.91 Å². The predicted molar refractivity (Wildman–Crippen MR) is 121 cm³/mol. The molecule has 2 aromatic heterocycles. The van der Waals surface area contributed by atoms with Crippen LogP contribution in [0.5, 0.6) is 5.75 Å². The van der Waals surface area contributed by atoms with Gasteiger partial charge >= 0.3 is 0 Å². The Balaban J connectivity index is 1.61. The summed E-state index contributed by atoms with van der Waals surface area (Å²) in [7, 11) is 0. The Morgan fingerprint density at radius 1 is 1.19 bits per heavy atom. The molecule has 2 aromatic carbocycles. The maximum Gasteiger partial charge on any atom is 0.278 e. The zero-order valence-corrected chi connectivity index (χ0v) is 17.9. The van der Waals surface area contributed by atoms with Crippen molar-refractivity contribution < 1.29 is 9.53 Å². The summed E-state index contributed by atoms with van der Waals surface area (Å²) in [6.07, 6.45) is 1.35. The van der Waals surface area contributed by atoms with Gasteiger partial charge in [-0.3, -0.25) is 14.2 Å². The normalized spacial score (nSPS) is 10.9. The molecule has 1 amide bonds. The van der Waals surface area contributed by atoms with Gasteiger partial charge in [0.1, 0.15) is 5.75 Å². The van der Waals surface area contributed by atoms with Crippen LogP contribution in [0.3, 0.4) is 0 Å². The minimum absolute atomic E-state index is 0.105. The molecule has 0 bridgehead atoms. The number of hydrogen-bond donors (Lipinski definition) is 2. The summed E-state index contributed by atoms with van der Waals surface area (Å²) >= 11 is 1.23. The quantitative estimate of drug-likeness (QED) is 0.431. The highest BCUT2D eigenvalue weighted by Gasteiger charge is 2.18. The van der Waals surface area contributed by atoms with Crippen LogP contribution in [-0.2, 0) is 4.79 Å². The van der Waals surface area contributed by atoms with Gasteiger partial charge in [-0.1, -0.05) is 41.6 Å². The maximum absolute atomic E-state index is 12.6. The fraction of sp³-hybridized carbons (Fsp3) is 0.182. The number of para-hydroxylation sites is 2. The topological polar surface area (TPSA) is 102 Å². The summed E-state index contributed by atoms with van der Waals surface area (Å²) < 4.78 is 7.34. The summed E-state index contributed by atoms with van der Waals surface area (Å²) in [5.74, 6) is 0.514. The average Bonchev–Trinajstić information content (AvgIpc) is 3.14. The highest BCUT2D eigenvalue weighted by molar-refractivity contribution is 7.99. The Morgan fingerprint density at radius 3 is 2.74 bits per heavy atom. The first kappa shape index (κ1) is 20.7. The summed E-state index contributed by atoms with van der Waals surface area (Å²) in [5, 5.41) is 3.38. The van der Waals surface area contributed by atoms with E-state index in [-0.39, 0.29) is 22.7 Å². The van der Waals surface area contributed by atoms with Gasteiger partial charge in [-0.05, 0) is 38.1 Å². The number of aryl methyl sites for hydroxylation is 1. The maximum atomic E-state index is 12.6. The molecule has 0 aliphatic rings. The van der Waals surface area contributed by atoms with Crippen molar-refractivity contribution in [2.75, 3.05) is 17.7 Å². The molecule has 0 aliphatic carbocycles. The molecule has 0 saturated carbocycles. The van der Waals surface area contributed by atoms with Crippen LogP contribution < -0.4 is 15.6 Å². The first-order valence-corrected chi connectivity index (χ1v) is 10.7. The van der Waals surface area contributed by atoms with E-state index in [4.69, 9.17) is 4.74 Å². The molecule has 4 aromatic rings. The smallest absolute Gasteiger partial charge is 0.278 e. The van der Waals surface area contributed by atoms with Crippen molar-refractivity contribution in [1.82, 2.24) is 19.5 Å². The van der Waals surface area contributed by atoms with Crippen LogP contribution >= 0.6 is 11.8 Å². The number of carbonyl (C=O) groups is 1. The van der Waals surface area contributed by atoms with Crippen molar-refractivity contribution in [3.8, 4) is 11.4 Å². The number of benzene rings is 2. The lowest BCUT2D eigenvalue weighted by Crippen LogP contribution is -2.15. The van der Waals surface area contributed by atoms with E-state index in [0.717, 1.165) is 11.3 Å². The second kappa shape index (κ2) is 9.05. The molecule has 2 heterocycles. The lowest BCUT2D eigenvalue weighted by molar-refractivity contribution is -0.113. The van der Waals surface area contributed by atoms with E-state index in [2.05, 4.69) is 20.3 Å². The average molecular weight is 436 g/mol. The molecule has 0 aliphatic heterocycles. The number of thioether (sulfide) groups is 1. The van der Waals surface area contributed by atoms with Crippen LogP contribution in [0.25, 0.3) is 16.9 Å². The monoisotopic (exact) mass is 435 g/mol. The number of carbonyl (C=O) groups excluding carboxylic acids is 1. The standard InChI is InChI=1S/C22H21N5O3S/c1-3-30-17-7-5-4-6-16(17)25-18(28)12-31-22-26-19-20(23-13-24-21(19)29)27(22)15-10-8-14(2)9-11-15/h4-11,13H,3,12H2,1-2H3,(H,25,28)(H,23,24,29). The van der Waals surface area contributed by atoms with E-state index in [1.54, 1.807) is 16.7 Å². The van der Waals surface area contributed by atoms with Gasteiger partial charge in [-0.2, -0.15) is 0 Å². The van der Waals surface area contributed by atoms with Crippen molar-refractivity contribution in [2.24, 2.45) is 0 Å². The molecule has 0 atom stereocenters. The molecule has 0 unspecified atom stereocenters. The fourth-order valence-corrected chi connectivity index (χ4v) is 3.88. The van der Waals surface area contributed by atoms with Gasteiger partial charge in [0, 0.05) is 5.69 Å². The fourth-order valence-electron chi connectivity index (χ4n) is 3.07. The molecule has 0 radical (unpaired) electrons. The second-order valence-corrected chi connectivity index (χ2v) is 7.68. The molecule has 31 heavy (non-hydrogen) atoms. The van der Waals surface area contributed by atoms with E-state index >= 15 is 0 Å². The highest BCUT2D eigenvalue weighted by Crippen LogP contribution is 2.27. The number of nitrogens with zero attached hydrogens (tertiary/aromatic N) is 3. The van der Waals surface area contributed by atoms with Crippen LogP contribution in [0.2, 0.25) is 0 Å². The first-order valence-electron chi connectivity index (χ1n) is 9.74. The Bertz CT molecular complexity index is 1280. The van der Waals surface area contributed by atoms with Crippen molar-refractivity contribution >= 4 is 34.5 Å². The molecule has 158 valence electrons. The summed E-state index contributed by atoms with van der Waals surface area (Å²) in [6, 6.07) is 15.1. The van der Waals surface area contributed by atoms with Gasteiger partial charge < -0.3 is 15.0 Å². The Hall–Kier alpha value is -3.59. The van der Waals surface area contributed by atoms with Crippen molar-refractivity contribution in [3.05, 3.63) is 70.8 Å². The number of rotatable bonds is 7. The Labute approximate surface area is 182 Å². The number of imidazole rings is 1. The third kappa shape index (κ3) is 4.46. The SMILES string of the molecule is CCOc1ccccc1NC(=O)CSc1nc2c(=O)[nH]cnc2n1-c1ccc(C)cc1. The van der Waals surface area contributed by atoms with Gasteiger partial charge in [-0.25, -0.2) is 9.97 Å². The third-order valence-corrected chi connectivity index (χ3v) is 5.44. The van der Waals surface area contributed by atoms with Crippen LogP contribution in [0, 0.1) is 6.92 Å². The number of H-pyrrole nitrogens is 1. The number of hydrogen-bond acceptors (Lipinski definition) is 6. The number of ether oxygens (including phenoxy) is 1. The van der Waals surface area contributed by atoms with Crippen molar-refractivity contribution in [2.45, 2.75) is 19.0 Å². The first-order chi connectivity index (χ1) is 15.1. The molecule has 9 heteroatoms. The number of amides is 1. The van der Waals surface area contributed by atoms with Crippen molar-refractivity contribution in [3.63, 3.8) is 0 Å². The van der Waals surface area contributed by atoms with Crippen LogP contribution in [0.15, 0.2) is 64.8 Å². The number of aromatic amines is 1. The zero-order chi connectivity index (χ0) is 21.8. The number of anilines is 1. The predicted octanol–water partition coefficient (Wildman–Crippen LogP) is 3.55. The lowest BCUT2D eigenvalue weighted by Gasteiger charge is -2.11. The van der Waals surface area contributed by atoms with Crippen molar-refractivity contribution in [1.29, 1.82) is 0 Å². The summed E-state index contributed by atoms with van der Waals surface area (Å²) in [6.45, 7) is 4.39. The Kier molecular flexibility index (Phi) is 6.03. The Morgan fingerprint density at radius 2 is 1.97 bits per heavy atom.